The number of carbonyl (C=O) groups excluding carboxylic acids is 2. The van der Waals surface area contributed by atoms with E-state index in [1.807, 2.05) is 24.3 Å². The highest BCUT2D eigenvalue weighted by molar-refractivity contribution is 7.13. The van der Waals surface area contributed by atoms with Crippen LogP contribution in [0.25, 0.3) is 11.1 Å². The first-order valence-corrected chi connectivity index (χ1v) is 12.3. The summed E-state index contributed by atoms with van der Waals surface area (Å²) in [6.45, 7) is 2.42. The van der Waals surface area contributed by atoms with Crippen molar-refractivity contribution in [2.75, 3.05) is 13.2 Å². The van der Waals surface area contributed by atoms with Gasteiger partial charge in [-0.3, -0.25) is 9.59 Å². The van der Waals surface area contributed by atoms with Gasteiger partial charge >= 0.3 is 12.1 Å². The quantitative estimate of drug-likeness (QED) is 0.360. The van der Waals surface area contributed by atoms with Crippen LogP contribution in [0.4, 0.5) is 4.79 Å². The van der Waals surface area contributed by atoms with Crippen molar-refractivity contribution >= 4 is 29.3 Å². The maximum absolute atomic E-state index is 12.3. The molecule has 1 unspecified atom stereocenters. The summed E-state index contributed by atoms with van der Waals surface area (Å²) >= 11 is 1.19. The average molecular weight is 494 g/mol. The molecule has 0 bridgehead atoms. The fourth-order valence-corrected chi connectivity index (χ4v) is 4.89. The first kappa shape index (κ1) is 24.4. The third-order valence-corrected chi connectivity index (χ3v) is 7.02. The van der Waals surface area contributed by atoms with Gasteiger partial charge in [0.05, 0.1) is 18.7 Å². The molecule has 182 valence electrons. The van der Waals surface area contributed by atoms with E-state index >= 15 is 0 Å². The van der Waals surface area contributed by atoms with Crippen molar-refractivity contribution in [2.24, 2.45) is 5.92 Å². The summed E-state index contributed by atoms with van der Waals surface area (Å²) in [7, 11) is 0. The Hall–Kier alpha value is -3.72. The maximum Gasteiger partial charge on any atom is 0.407 e. The highest BCUT2D eigenvalue weighted by Crippen LogP contribution is 2.44. The van der Waals surface area contributed by atoms with Gasteiger partial charge in [0, 0.05) is 12.5 Å². The zero-order chi connectivity index (χ0) is 24.8. The number of thiazole rings is 1. The SMILES string of the molecule is CC(CCCNC(=O)c1cnc(CNC(=O)OCC2c3ccccc3-c3ccccc32)s1)C(=O)O. The van der Waals surface area contributed by atoms with E-state index in [-0.39, 0.29) is 25.0 Å². The van der Waals surface area contributed by atoms with E-state index in [4.69, 9.17) is 9.84 Å². The monoisotopic (exact) mass is 493 g/mol. The fourth-order valence-electron chi connectivity index (χ4n) is 4.11. The number of aromatic nitrogens is 1. The van der Waals surface area contributed by atoms with Gasteiger partial charge in [0.2, 0.25) is 0 Å². The molecule has 0 aliphatic heterocycles. The number of nitrogens with zero attached hydrogens (tertiary/aromatic N) is 1. The number of carboxylic acid groups (broad SMARTS) is 1. The average Bonchev–Trinajstić information content (AvgIpc) is 3.47. The minimum absolute atomic E-state index is 0.0122. The smallest absolute Gasteiger partial charge is 0.407 e. The molecule has 0 saturated carbocycles. The predicted octanol–water partition coefficient (Wildman–Crippen LogP) is 4.41. The molecule has 35 heavy (non-hydrogen) atoms. The predicted molar refractivity (Wildman–Crippen MR) is 132 cm³/mol. The van der Waals surface area contributed by atoms with Gasteiger partial charge < -0.3 is 20.5 Å². The summed E-state index contributed by atoms with van der Waals surface area (Å²) in [4.78, 5) is 40.1. The van der Waals surface area contributed by atoms with Crippen molar-refractivity contribution in [3.8, 4) is 11.1 Å². The van der Waals surface area contributed by atoms with E-state index in [0.29, 0.717) is 29.3 Å². The highest BCUT2D eigenvalue weighted by atomic mass is 32.1. The van der Waals surface area contributed by atoms with Crippen LogP contribution < -0.4 is 10.6 Å². The largest absolute Gasteiger partial charge is 0.481 e. The summed E-state index contributed by atoms with van der Waals surface area (Å²) in [5.74, 6) is -1.56. The molecule has 2 aromatic carbocycles. The summed E-state index contributed by atoms with van der Waals surface area (Å²) < 4.78 is 5.52. The number of carbonyl (C=O) groups is 3. The van der Waals surface area contributed by atoms with Crippen molar-refractivity contribution in [1.82, 2.24) is 15.6 Å². The van der Waals surface area contributed by atoms with Crippen LogP contribution in [-0.2, 0) is 16.1 Å². The molecule has 1 atom stereocenters. The number of amides is 2. The summed E-state index contributed by atoms with van der Waals surface area (Å²) in [6.07, 6.45) is 2.00. The molecule has 0 spiro atoms. The van der Waals surface area contributed by atoms with Crippen LogP contribution >= 0.6 is 11.3 Å². The van der Waals surface area contributed by atoms with Crippen LogP contribution in [0, 0.1) is 5.92 Å². The second-order valence-corrected chi connectivity index (χ2v) is 9.55. The number of alkyl carbamates (subject to hydrolysis) is 1. The summed E-state index contributed by atoms with van der Waals surface area (Å²) in [5, 5.41) is 14.9. The molecule has 3 aromatic rings. The molecule has 9 heteroatoms. The van der Waals surface area contributed by atoms with Crippen LogP contribution in [0.3, 0.4) is 0 Å². The maximum atomic E-state index is 12.3. The molecule has 1 aromatic heterocycles. The van der Waals surface area contributed by atoms with Gasteiger partial charge in [-0.15, -0.1) is 11.3 Å². The molecule has 8 nitrogen and oxygen atoms in total. The minimum Gasteiger partial charge on any atom is -0.481 e. The molecule has 2 amide bonds. The Kier molecular flexibility index (Phi) is 7.77. The van der Waals surface area contributed by atoms with Gasteiger partial charge in [0.15, 0.2) is 0 Å². The number of hydrogen-bond donors (Lipinski definition) is 3. The molecule has 4 rings (SSSR count). The molecule has 0 fully saturated rings. The van der Waals surface area contributed by atoms with Crippen molar-refractivity contribution in [3.05, 3.63) is 75.7 Å². The zero-order valence-corrected chi connectivity index (χ0v) is 20.1. The lowest BCUT2D eigenvalue weighted by Crippen LogP contribution is -2.25. The second-order valence-electron chi connectivity index (χ2n) is 8.43. The Labute approximate surface area is 207 Å². The lowest BCUT2D eigenvalue weighted by molar-refractivity contribution is -0.141. The number of carboxylic acids is 1. The third-order valence-electron chi connectivity index (χ3n) is 6.03. The molecule has 1 aliphatic rings. The van der Waals surface area contributed by atoms with E-state index in [2.05, 4.69) is 39.9 Å². The Balaban J connectivity index is 1.23. The van der Waals surface area contributed by atoms with E-state index in [1.54, 1.807) is 6.92 Å². The van der Waals surface area contributed by atoms with Gasteiger partial charge in [0.25, 0.3) is 5.91 Å². The molecule has 0 saturated heterocycles. The van der Waals surface area contributed by atoms with E-state index < -0.39 is 18.0 Å². The van der Waals surface area contributed by atoms with Crippen LogP contribution in [0.1, 0.15) is 51.5 Å². The second kappa shape index (κ2) is 11.1. The lowest BCUT2D eigenvalue weighted by atomic mass is 9.98. The molecular formula is C26H27N3O5S. The summed E-state index contributed by atoms with van der Waals surface area (Å²) in [6, 6.07) is 16.3. The van der Waals surface area contributed by atoms with Crippen LogP contribution in [0.15, 0.2) is 54.7 Å². The van der Waals surface area contributed by atoms with Gasteiger partial charge in [0.1, 0.15) is 16.5 Å². The van der Waals surface area contributed by atoms with E-state index in [9.17, 15) is 14.4 Å². The highest BCUT2D eigenvalue weighted by Gasteiger charge is 2.29. The van der Waals surface area contributed by atoms with Crippen LogP contribution in [-0.4, -0.2) is 41.2 Å². The normalized spacial score (nSPS) is 12.9. The fraction of sp³-hybridized carbons (Fsp3) is 0.308. The Morgan fingerprint density at radius 3 is 2.37 bits per heavy atom. The van der Waals surface area contributed by atoms with Gasteiger partial charge in [-0.05, 0) is 35.1 Å². The van der Waals surface area contributed by atoms with Gasteiger partial charge in [-0.25, -0.2) is 9.78 Å². The summed E-state index contributed by atoms with van der Waals surface area (Å²) in [5.41, 5.74) is 4.63. The first-order chi connectivity index (χ1) is 16.9. The standard InChI is InChI=1S/C26H27N3O5S/c1-16(25(31)32)7-6-12-27-24(30)22-13-28-23(35-22)14-29-26(33)34-15-21-19-10-4-2-8-17(19)18-9-3-5-11-20(18)21/h2-5,8-11,13,16,21H,6-7,12,14-15H2,1H3,(H,27,30)(H,29,33)(H,31,32). The van der Waals surface area contributed by atoms with Crippen molar-refractivity contribution in [2.45, 2.75) is 32.2 Å². The van der Waals surface area contributed by atoms with E-state index in [0.717, 1.165) is 11.1 Å². The van der Waals surface area contributed by atoms with Gasteiger partial charge in [-0.1, -0.05) is 55.5 Å². The first-order valence-electron chi connectivity index (χ1n) is 11.5. The third kappa shape index (κ3) is 5.86. The number of aliphatic carboxylic acids is 1. The Morgan fingerprint density at radius 1 is 1.06 bits per heavy atom. The topological polar surface area (TPSA) is 118 Å². The van der Waals surface area contributed by atoms with E-state index in [1.165, 1.54) is 28.7 Å². The lowest BCUT2D eigenvalue weighted by Gasteiger charge is -2.14. The Bertz CT molecular complexity index is 1180. The Morgan fingerprint density at radius 2 is 1.71 bits per heavy atom. The molecular weight excluding hydrogens is 466 g/mol. The van der Waals surface area contributed by atoms with Crippen LogP contribution in [0.2, 0.25) is 0 Å². The van der Waals surface area contributed by atoms with Gasteiger partial charge in [-0.2, -0.15) is 0 Å². The number of benzene rings is 2. The molecule has 1 heterocycles. The number of ether oxygens (including phenoxy) is 1. The molecule has 0 radical (unpaired) electrons. The zero-order valence-electron chi connectivity index (χ0n) is 19.3. The molecule has 1 aliphatic carbocycles. The minimum atomic E-state index is -0.840. The van der Waals surface area contributed by atoms with Crippen molar-refractivity contribution in [3.63, 3.8) is 0 Å². The number of nitrogens with one attached hydrogen (secondary N) is 2. The van der Waals surface area contributed by atoms with Crippen molar-refractivity contribution < 1.29 is 24.2 Å². The number of fused-ring (bicyclic) bond motifs is 3. The van der Waals surface area contributed by atoms with Crippen molar-refractivity contribution in [1.29, 1.82) is 0 Å². The number of hydrogen-bond acceptors (Lipinski definition) is 6. The number of rotatable bonds is 10. The van der Waals surface area contributed by atoms with Crippen LogP contribution in [0.5, 0.6) is 0 Å². The molecule has 3 N–H and O–H groups in total.